The van der Waals surface area contributed by atoms with E-state index < -0.39 is 0 Å². The van der Waals surface area contributed by atoms with Crippen molar-refractivity contribution in [2.24, 2.45) is 0 Å². The van der Waals surface area contributed by atoms with Gasteiger partial charge in [0.1, 0.15) is 0 Å². The highest BCUT2D eigenvalue weighted by atomic mass is 79.9. The van der Waals surface area contributed by atoms with Crippen LogP contribution in [0.15, 0.2) is 39.3 Å². The zero-order valence-corrected chi connectivity index (χ0v) is 12.7. The van der Waals surface area contributed by atoms with Gasteiger partial charge in [-0.15, -0.1) is 11.3 Å². The normalized spacial score (nSPS) is 11.4. The van der Waals surface area contributed by atoms with Crippen LogP contribution in [0.25, 0.3) is 20.2 Å². The predicted molar refractivity (Wildman–Crippen MR) is 79.7 cm³/mol. The van der Waals surface area contributed by atoms with Gasteiger partial charge in [-0.25, -0.2) is 0 Å². The van der Waals surface area contributed by atoms with E-state index in [1.165, 1.54) is 20.2 Å². The molecule has 0 saturated carbocycles. The van der Waals surface area contributed by atoms with E-state index in [2.05, 4.69) is 50.1 Å². The van der Waals surface area contributed by atoms with E-state index in [4.69, 9.17) is 11.6 Å². The summed E-state index contributed by atoms with van der Waals surface area (Å²) in [4.78, 5) is 0. The number of halogens is 3. The van der Waals surface area contributed by atoms with Crippen molar-refractivity contribution in [3.8, 4) is 0 Å². The first-order valence-corrected chi connectivity index (χ1v) is 7.40. The molecule has 16 heavy (non-hydrogen) atoms. The van der Waals surface area contributed by atoms with E-state index in [0.29, 0.717) is 0 Å². The van der Waals surface area contributed by atoms with Crippen LogP contribution in [0, 0.1) is 0 Å². The summed E-state index contributed by atoms with van der Waals surface area (Å²) in [5.74, 6) is 0. The Bertz CT molecular complexity index is 703. The molecule has 1 aromatic heterocycles. The second-order valence-electron chi connectivity index (χ2n) is 3.50. The van der Waals surface area contributed by atoms with Crippen molar-refractivity contribution in [1.29, 1.82) is 0 Å². The molecule has 0 spiro atoms. The van der Waals surface area contributed by atoms with Gasteiger partial charge >= 0.3 is 0 Å². The van der Waals surface area contributed by atoms with Gasteiger partial charge in [0.15, 0.2) is 0 Å². The summed E-state index contributed by atoms with van der Waals surface area (Å²) < 4.78 is 4.65. The van der Waals surface area contributed by atoms with Crippen LogP contribution in [0.2, 0.25) is 5.02 Å². The summed E-state index contributed by atoms with van der Waals surface area (Å²) in [5.41, 5.74) is 0. The van der Waals surface area contributed by atoms with Crippen molar-refractivity contribution < 1.29 is 0 Å². The molecule has 0 radical (unpaired) electrons. The fourth-order valence-corrected chi connectivity index (χ4v) is 4.53. The Morgan fingerprint density at radius 2 is 1.81 bits per heavy atom. The third kappa shape index (κ3) is 1.70. The molecule has 0 aliphatic rings. The topological polar surface area (TPSA) is 0 Å². The maximum atomic E-state index is 6.05. The SMILES string of the molecule is Clc1cc(Br)c2c(c1)sc1ccc(Br)cc12. The average molecular weight is 377 g/mol. The summed E-state index contributed by atoms with van der Waals surface area (Å²) in [6.45, 7) is 0. The van der Waals surface area contributed by atoms with Crippen LogP contribution < -0.4 is 0 Å². The maximum absolute atomic E-state index is 6.05. The third-order valence-corrected chi connectivity index (χ3v) is 4.90. The van der Waals surface area contributed by atoms with Gasteiger partial charge in [-0.3, -0.25) is 0 Å². The Morgan fingerprint density at radius 1 is 1.00 bits per heavy atom. The first-order valence-electron chi connectivity index (χ1n) is 4.62. The number of fused-ring (bicyclic) bond motifs is 3. The van der Waals surface area contributed by atoms with Gasteiger partial charge in [0.2, 0.25) is 0 Å². The minimum Gasteiger partial charge on any atom is -0.135 e. The highest BCUT2D eigenvalue weighted by Crippen LogP contribution is 2.40. The summed E-state index contributed by atoms with van der Waals surface area (Å²) in [6.07, 6.45) is 0. The molecule has 0 saturated heterocycles. The zero-order chi connectivity index (χ0) is 11.3. The smallest absolute Gasteiger partial charge is 0.0431 e. The van der Waals surface area contributed by atoms with Crippen molar-refractivity contribution in [2.45, 2.75) is 0 Å². The summed E-state index contributed by atoms with van der Waals surface area (Å²) >= 11 is 14.9. The predicted octanol–water partition coefficient (Wildman–Crippen LogP) is 6.23. The Balaban J connectivity index is 2.57. The number of benzene rings is 2. The molecule has 4 heteroatoms. The minimum atomic E-state index is 0.769. The summed E-state index contributed by atoms with van der Waals surface area (Å²) in [6, 6.07) is 10.3. The molecule has 0 nitrogen and oxygen atoms in total. The molecule has 3 rings (SSSR count). The molecule has 0 amide bonds. The second kappa shape index (κ2) is 3.98. The lowest BCUT2D eigenvalue weighted by Crippen LogP contribution is -1.71. The standard InChI is InChI=1S/C12H5Br2ClS/c13-6-1-2-10-8(3-6)12-9(14)4-7(15)5-11(12)16-10/h1-5H. The molecule has 80 valence electrons. The van der Waals surface area contributed by atoms with E-state index in [1.54, 1.807) is 11.3 Å². The molecule has 0 unspecified atom stereocenters. The van der Waals surface area contributed by atoms with Crippen LogP contribution in [0.4, 0.5) is 0 Å². The number of rotatable bonds is 0. The van der Waals surface area contributed by atoms with E-state index >= 15 is 0 Å². The Labute approximate surface area is 118 Å². The van der Waals surface area contributed by atoms with Crippen molar-refractivity contribution >= 4 is 75.0 Å². The third-order valence-electron chi connectivity index (χ3n) is 2.45. The van der Waals surface area contributed by atoms with Crippen molar-refractivity contribution in [1.82, 2.24) is 0 Å². The Kier molecular flexibility index (Phi) is 2.75. The fourth-order valence-electron chi connectivity index (χ4n) is 1.80. The van der Waals surface area contributed by atoms with Crippen LogP contribution in [0.5, 0.6) is 0 Å². The average Bonchev–Trinajstić information content (AvgIpc) is 2.54. The summed E-state index contributed by atoms with van der Waals surface area (Å²) in [5, 5.41) is 3.27. The first kappa shape index (κ1) is 11.0. The molecule has 3 aromatic rings. The molecule has 0 atom stereocenters. The van der Waals surface area contributed by atoms with Crippen LogP contribution in [0.3, 0.4) is 0 Å². The number of hydrogen-bond acceptors (Lipinski definition) is 1. The highest BCUT2D eigenvalue weighted by molar-refractivity contribution is 9.11. The van der Waals surface area contributed by atoms with Gasteiger partial charge in [0.05, 0.1) is 0 Å². The monoisotopic (exact) mass is 374 g/mol. The fraction of sp³-hybridized carbons (Fsp3) is 0. The van der Waals surface area contributed by atoms with Crippen LogP contribution in [0.1, 0.15) is 0 Å². The molecule has 0 aliphatic carbocycles. The van der Waals surface area contributed by atoms with E-state index in [1.807, 2.05) is 12.1 Å². The molecule has 0 N–H and O–H groups in total. The van der Waals surface area contributed by atoms with E-state index in [9.17, 15) is 0 Å². The summed E-state index contributed by atoms with van der Waals surface area (Å²) in [7, 11) is 0. The quantitative estimate of drug-likeness (QED) is 0.436. The van der Waals surface area contributed by atoms with Crippen molar-refractivity contribution in [3.05, 3.63) is 44.3 Å². The zero-order valence-electron chi connectivity index (χ0n) is 7.93. The minimum absolute atomic E-state index is 0.769. The van der Waals surface area contributed by atoms with Gasteiger partial charge in [-0.05, 0) is 30.3 Å². The van der Waals surface area contributed by atoms with Gasteiger partial charge in [-0.1, -0.05) is 43.5 Å². The Hall–Kier alpha value is -0.0900. The number of hydrogen-bond donors (Lipinski definition) is 0. The van der Waals surface area contributed by atoms with Gasteiger partial charge < -0.3 is 0 Å². The number of thiophene rings is 1. The van der Waals surface area contributed by atoms with Crippen LogP contribution in [-0.2, 0) is 0 Å². The van der Waals surface area contributed by atoms with Crippen molar-refractivity contribution in [3.63, 3.8) is 0 Å². The largest absolute Gasteiger partial charge is 0.135 e. The van der Waals surface area contributed by atoms with E-state index in [0.717, 1.165) is 14.0 Å². The maximum Gasteiger partial charge on any atom is 0.0431 e. The van der Waals surface area contributed by atoms with Crippen LogP contribution >= 0.6 is 54.8 Å². The molecular formula is C12H5Br2ClS. The lowest BCUT2D eigenvalue weighted by Gasteiger charge is -1.97. The molecule has 0 fully saturated rings. The highest BCUT2D eigenvalue weighted by Gasteiger charge is 2.09. The van der Waals surface area contributed by atoms with Crippen LogP contribution in [-0.4, -0.2) is 0 Å². The second-order valence-corrected chi connectivity index (χ2v) is 6.79. The molecule has 1 heterocycles. The molecule has 0 bridgehead atoms. The Morgan fingerprint density at radius 3 is 2.62 bits per heavy atom. The van der Waals surface area contributed by atoms with Gasteiger partial charge in [-0.2, -0.15) is 0 Å². The van der Waals surface area contributed by atoms with Crippen molar-refractivity contribution in [2.75, 3.05) is 0 Å². The molecular weight excluding hydrogens is 371 g/mol. The van der Waals surface area contributed by atoms with Gasteiger partial charge in [0, 0.05) is 34.1 Å². The molecule has 0 aliphatic heterocycles. The first-order chi connectivity index (χ1) is 7.65. The van der Waals surface area contributed by atoms with Gasteiger partial charge in [0.25, 0.3) is 0 Å². The lowest BCUT2D eigenvalue weighted by atomic mass is 10.1. The lowest BCUT2D eigenvalue weighted by molar-refractivity contribution is 1.75. The van der Waals surface area contributed by atoms with E-state index in [-0.39, 0.29) is 0 Å². The molecule has 2 aromatic carbocycles.